The molecule has 0 aliphatic carbocycles. The van der Waals surface area contributed by atoms with E-state index in [1.807, 2.05) is 35.2 Å². The van der Waals surface area contributed by atoms with Crippen LogP contribution < -0.4 is 4.90 Å². The molecule has 1 amide bonds. The summed E-state index contributed by atoms with van der Waals surface area (Å²) in [6.45, 7) is 5.06. The minimum absolute atomic E-state index is 0.250. The Kier molecular flexibility index (Phi) is 6.52. The van der Waals surface area contributed by atoms with E-state index in [0.29, 0.717) is 18.3 Å². The second kappa shape index (κ2) is 8.40. The molecule has 0 aromatic heterocycles. The molecular formula is C17H25ClN2O. The third-order valence-electron chi connectivity index (χ3n) is 4.09. The van der Waals surface area contributed by atoms with Gasteiger partial charge in [0.2, 0.25) is 5.91 Å². The van der Waals surface area contributed by atoms with Crippen LogP contribution in [0.15, 0.2) is 30.3 Å². The van der Waals surface area contributed by atoms with Gasteiger partial charge in [0.05, 0.1) is 0 Å². The van der Waals surface area contributed by atoms with Crippen LogP contribution in [0, 0.1) is 0 Å². The highest BCUT2D eigenvalue weighted by Crippen LogP contribution is 2.24. The molecule has 4 heteroatoms. The Morgan fingerprint density at radius 1 is 1.29 bits per heavy atom. The minimum atomic E-state index is 0.250. The molecule has 1 aromatic carbocycles. The number of likely N-dealkylation sites (tertiary alicyclic amines) is 1. The molecule has 1 aliphatic heterocycles. The number of carbonyl (C=O) groups excluding carboxylic acids is 1. The van der Waals surface area contributed by atoms with Crippen molar-refractivity contribution in [2.24, 2.45) is 0 Å². The lowest BCUT2D eigenvalue weighted by Gasteiger charge is -2.38. The molecule has 1 fully saturated rings. The van der Waals surface area contributed by atoms with E-state index in [-0.39, 0.29) is 5.91 Å². The molecule has 1 aliphatic rings. The number of benzene rings is 1. The smallest absolute Gasteiger partial charge is 0.227 e. The van der Waals surface area contributed by atoms with E-state index in [9.17, 15) is 4.79 Å². The summed E-state index contributed by atoms with van der Waals surface area (Å²) in [5, 5.41) is 0. The molecule has 0 atom stereocenters. The Morgan fingerprint density at radius 3 is 2.52 bits per heavy atom. The average molecular weight is 309 g/mol. The number of amides is 1. The van der Waals surface area contributed by atoms with Crippen molar-refractivity contribution in [2.75, 3.05) is 30.4 Å². The number of nitrogens with zero attached hydrogens (tertiary/aromatic N) is 2. The lowest BCUT2D eigenvalue weighted by molar-refractivity contribution is -0.119. The van der Waals surface area contributed by atoms with Crippen LogP contribution in [0.3, 0.4) is 0 Å². The fourth-order valence-electron chi connectivity index (χ4n) is 3.00. The predicted molar refractivity (Wildman–Crippen MR) is 89.0 cm³/mol. The number of halogens is 1. The summed E-state index contributed by atoms with van der Waals surface area (Å²) in [4.78, 5) is 17.0. The van der Waals surface area contributed by atoms with Gasteiger partial charge in [-0.2, -0.15) is 0 Å². The summed E-state index contributed by atoms with van der Waals surface area (Å²) in [6.07, 6.45) is 3.58. The van der Waals surface area contributed by atoms with Crippen molar-refractivity contribution >= 4 is 23.2 Å². The Labute approximate surface area is 132 Å². The van der Waals surface area contributed by atoms with E-state index in [2.05, 4.69) is 11.8 Å². The number of anilines is 1. The van der Waals surface area contributed by atoms with Crippen LogP contribution in [-0.4, -0.2) is 42.4 Å². The topological polar surface area (TPSA) is 23.6 Å². The van der Waals surface area contributed by atoms with Crippen molar-refractivity contribution < 1.29 is 4.79 Å². The summed E-state index contributed by atoms with van der Waals surface area (Å²) in [6, 6.07) is 10.4. The Morgan fingerprint density at radius 2 is 1.95 bits per heavy atom. The van der Waals surface area contributed by atoms with Crippen molar-refractivity contribution in [3.05, 3.63) is 30.3 Å². The molecule has 0 bridgehead atoms. The zero-order valence-corrected chi connectivity index (χ0v) is 13.6. The molecule has 0 spiro atoms. The molecular weight excluding hydrogens is 284 g/mol. The third-order valence-corrected chi connectivity index (χ3v) is 4.26. The van der Waals surface area contributed by atoms with Gasteiger partial charge in [-0.3, -0.25) is 4.79 Å². The summed E-state index contributed by atoms with van der Waals surface area (Å²) in [5.74, 6) is 0.932. The maximum atomic E-state index is 12.5. The molecule has 116 valence electrons. The highest BCUT2D eigenvalue weighted by Gasteiger charge is 2.28. The van der Waals surface area contributed by atoms with Gasteiger partial charge in [0.15, 0.2) is 0 Å². The number of alkyl halides is 1. The first kappa shape index (κ1) is 16.3. The number of hydrogen-bond donors (Lipinski definition) is 0. The molecule has 2 rings (SSSR count). The molecule has 1 saturated heterocycles. The van der Waals surface area contributed by atoms with Gasteiger partial charge in [0.25, 0.3) is 0 Å². The third kappa shape index (κ3) is 4.45. The highest BCUT2D eigenvalue weighted by molar-refractivity contribution is 6.18. The maximum absolute atomic E-state index is 12.5. The van der Waals surface area contributed by atoms with Crippen LogP contribution in [0.25, 0.3) is 0 Å². The summed E-state index contributed by atoms with van der Waals surface area (Å²) in [5.41, 5.74) is 1.03. The zero-order valence-electron chi connectivity index (χ0n) is 12.8. The van der Waals surface area contributed by atoms with Crippen LogP contribution in [0.4, 0.5) is 5.69 Å². The molecule has 0 N–H and O–H groups in total. The van der Waals surface area contributed by atoms with E-state index in [1.54, 1.807) is 0 Å². The van der Waals surface area contributed by atoms with Gasteiger partial charge >= 0.3 is 0 Å². The number of rotatable bonds is 6. The van der Waals surface area contributed by atoms with Crippen LogP contribution in [0.1, 0.15) is 32.6 Å². The normalized spacial score (nSPS) is 16.9. The van der Waals surface area contributed by atoms with Gasteiger partial charge in [-0.1, -0.05) is 25.1 Å². The van der Waals surface area contributed by atoms with Crippen LogP contribution in [0.5, 0.6) is 0 Å². The van der Waals surface area contributed by atoms with Gasteiger partial charge in [-0.05, 0) is 31.4 Å². The molecule has 0 unspecified atom stereocenters. The van der Waals surface area contributed by atoms with Gasteiger partial charge in [0.1, 0.15) is 0 Å². The monoisotopic (exact) mass is 308 g/mol. The van der Waals surface area contributed by atoms with Crippen LogP contribution in [0.2, 0.25) is 0 Å². The van der Waals surface area contributed by atoms with Crippen molar-refractivity contribution in [3.63, 3.8) is 0 Å². The molecule has 0 radical (unpaired) electrons. The SMILES string of the molecule is CCCC(=O)N(c1ccccc1)C1CCN(CCCl)CC1. The highest BCUT2D eigenvalue weighted by atomic mass is 35.5. The molecule has 1 heterocycles. The van der Waals surface area contributed by atoms with E-state index in [0.717, 1.165) is 44.6 Å². The second-order valence-corrected chi connectivity index (χ2v) is 5.99. The molecule has 1 aromatic rings. The number of piperidine rings is 1. The average Bonchev–Trinajstić information content (AvgIpc) is 2.51. The van der Waals surface area contributed by atoms with E-state index < -0.39 is 0 Å². The number of para-hydroxylation sites is 1. The first-order chi connectivity index (χ1) is 10.3. The van der Waals surface area contributed by atoms with Crippen LogP contribution in [-0.2, 0) is 4.79 Å². The molecule has 3 nitrogen and oxygen atoms in total. The van der Waals surface area contributed by atoms with E-state index >= 15 is 0 Å². The van der Waals surface area contributed by atoms with Gasteiger partial charge in [-0.15, -0.1) is 11.6 Å². The zero-order chi connectivity index (χ0) is 15.1. The molecule has 0 saturated carbocycles. The summed E-state index contributed by atoms with van der Waals surface area (Å²) < 4.78 is 0. The van der Waals surface area contributed by atoms with E-state index in [4.69, 9.17) is 11.6 Å². The minimum Gasteiger partial charge on any atom is -0.309 e. The Hall–Kier alpha value is -1.06. The Balaban J connectivity index is 2.08. The van der Waals surface area contributed by atoms with Gasteiger partial charge in [-0.25, -0.2) is 0 Å². The first-order valence-corrected chi connectivity index (χ1v) is 8.45. The summed E-state index contributed by atoms with van der Waals surface area (Å²) in [7, 11) is 0. The van der Waals surface area contributed by atoms with Crippen molar-refractivity contribution in [1.82, 2.24) is 4.90 Å². The van der Waals surface area contributed by atoms with Gasteiger partial charge < -0.3 is 9.80 Å². The van der Waals surface area contributed by atoms with Crippen molar-refractivity contribution in [1.29, 1.82) is 0 Å². The quantitative estimate of drug-likeness (QED) is 0.751. The molecule has 21 heavy (non-hydrogen) atoms. The Bertz CT molecular complexity index is 430. The van der Waals surface area contributed by atoms with Crippen molar-refractivity contribution in [3.8, 4) is 0 Å². The maximum Gasteiger partial charge on any atom is 0.227 e. The fourth-order valence-corrected chi connectivity index (χ4v) is 3.24. The largest absolute Gasteiger partial charge is 0.309 e. The fraction of sp³-hybridized carbons (Fsp3) is 0.588. The first-order valence-electron chi connectivity index (χ1n) is 7.91. The number of carbonyl (C=O) groups is 1. The number of hydrogen-bond acceptors (Lipinski definition) is 2. The van der Waals surface area contributed by atoms with Gasteiger partial charge in [0, 0.05) is 43.7 Å². The lowest BCUT2D eigenvalue weighted by atomic mass is 10.0. The lowest BCUT2D eigenvalue weighted by Crippen LogP contribution is -2.48. The predicted octanol–water partition coefficient (Wildman–Crippen LogP) is 3.52. The van der Waals surface area contributed by atoms with E-state index in [1.165, 1.54) is 0 Å². The summed E-state index contributed by atoms with van der Waals surface area (Å²) >= 11 is 5.82. The second-order valence-electron chi connectivity index (χ2n) is 5.61. The standard InChI is InChI=1S/C17H25ClN2O/c1-2-6-17(21)20(15-7-4-3-5-8-15)16-9-12-19(13-10-16)14-11-18/h3-5,7-8,16H,2,6,9-14H2,1H3. The van der Waals surface area contributed by atoms with Crippen molar-refractivity contribution in [2.45, 2.75) is 38.6 Å². The van der Waals surface area contributed by atoms with Crippen LogP contribution >= 0.6 is 11.6 Å².